The fourth-order valence-electron chi connectivity index (χ4n) is 2.39. The number of nitrogens with zero attached hydrogens (tertiary/aromatic N) is 3. The van der Waals surface area contributed by atoms with Gasteiger partial charge < -0.3 is 15.1 Å². The normalized spacial score (nSPS) is 24.6. The van der Waals surface area contributed by atoms with E-state index in [0.717, 1.165) is 6.26 Å². The van der Waals surface area contributed by atoms with Gasteiger partial charge in [-0.2, -0.15) is 0 Å². The maximum atomic E-state index is 12.4. The molecule has 0 radical (unpaired) electrons. The highest BCUT2D eigenvalue weighted by atomic mass is 32.2. The number of aliphatic hydroxyl groups is 2. The molecule has 1 aromatic rings. The highest BCUT2D eigenvalue weighted by Crippen LogP contribution is 2.23. The number of rotatable bonds is 5. The highest BCUT2D eigenvalue weighted by molar-refractivity contribution is 7.88. The Morgan fingerprint density at radius 3 is 2.54 bits per heavy atom. The zero-order chi connectivity index (χ0) is 18.1. The van der Waals surface area contributed by atoms with Crippen LogP contribution in [0.4, 0.5) is 0 Å². The van der Waals surface area contributed by atoms with Crippen molar-refractivity contribution in [2.45, 2.75) is 31.5 Å². The Labute approximate surface area is 140 Å². The van der Waals surface area contributed by atoms with E-state index in [9.17, 15) is 23.4 Å². The third-order valence-corrected chi connectivity index (χ3v) is 4.51. The monoisotopic (exact) mass is 358 g/mol. The zero-order valence-corrected chi connectivity index (χ0v) is 14.6. The molecule has 1 amide bonds. The van der Waals surface area contributed by atoms with Gasteiger partial charge in [0, 0.05) is 31.4 Å². The van der Waals surface area contributed by atoms with Crippen LogP contribution in [0.2, 0.25) is 0 Å². The summed E-state index contributed by atoms with van der Waals surface area (Å²) in [4.78, 5) is 21.9. The molecule has 9 nitrogen and oxygen atoms in total. The minimum Gasteiger partial charge on any atom is -0.388 e. The number of sulfonamides is 1. The molecule has 10 heteroatoms. The number of aromatic nitrogens is 2. The molecule has 0 saturated carbocycles. The predicted octanol–water partition coefficient (Wildman–Crippen LogP) is -1.30. The fraction of sp³-hybridized carbons (Fsp3) is 0.643. The smallest absolute Gasteiger partial charge is 0.257 e. The summed E-state index contributed by atoms with van der Waals surface area (Å²) in [5, 5.41) is 20.4. The largest absolute Gasteiger partial charge is 0.388 e. The van der Waals surface area contributed by atoms with Gasteiger partial charge in [0.05, 0.1) is 18.4 Å². The Kier molecular flexibility index (Phi) is 5.23. The third-order valence-electron chi connectivity index (χ3n) is 3.84. The van der Waals surface area contributed by atoms with Crippen molar-refractivity contribution >= 4 is 15.9 Å². The summed E-state index contributed by atoms with van der Waals surface area (Å²) < 4.78 is 24.5. The van der Waals surface area contributed by atoms with E-state index in [4.69, 9.17) is 0 Å². The molecule has 24 heavy (non-hydrogen) atoms. The van der Waals surface area contributed by atoms with Crippen molar-refractivity contribution in [2.24, 2.45) is 0 Å². The van der Waals surface area contributed by atoms with Crippen molar-refractivity contribution in [3.63, 3.8) is 0 Å². The molecule has 0 unspecified atom stereocenters. The third kappa shape index (κ3) is 4.26. The van der Waals surface area contributed by atoms with Gasteiger partial charge in [-0.05, 0) is 0 Å². The number of β-amino-alcohol motifs (C(OH)–C–C–N with tert-alkyl or cyclic N) is 2. The van der Waals surface area contributed by atoms with Crippen LogP contribution < -0.4 is 4.72 Å². The van der Waals surface area contributed by atoms with E-state index < -0.39 is 27.6 Å². The quantitative estimate of drug-likeness (QED) is 0.595. The number of hydrogen-bond donors (Lipinski definition) is 3. The molecule has 0 bridgehead atoms. The summed E-state index contributed by atoms with van der Waals surface area (Å²) in [6.07, 6.45) is 2.51. The first-order valence-electron chi connectivity index (χ1n) is 7.48. The Morgan fingerprint density at radius 2 is 2.04 bits per heavy atom. The van der Waals surface area contributed by atoms with Gasteiger partial charge in [-0.3, -0.25) is 4.79 Å². The summed E-state index contributed by atoms with van der Waals surface area (Å²) in [6, 6.07) is 0. The van der Waals surface area contributed by atoms with Crippen molar-refractivity contribution < 1.29 is 23.4 Å². The maximum absolute atomic E-state index is 12.4. The molecule has 1 aliphatic heterocycles. The lowest BCUT2D eigenvalue weighted by Gasteiger charge is -2.25. The SMILES string of the molecule is CC(C)c1ncc(C(=O)N2C[C@@H](O)[C@](O)(CNS(C)(=O)=O)C2)cn1. The van der Waals surface area contributed by atoms with Crippen LogP contribution in [0, 0.1) is 0 Å². The number of carbonyl (C=O) groups excluding carboxylic acids is 1. The molecule has 0 aromatic carbocycles. The number of aliphatic hydroxyl groups excluding tert-OH is 1. The summed E-state index contributed by atoms with van der Waals surface area (Å²) in [5.74, 6) is 0.316. The molecular formula is C14H22N4O5S. The Hall–Kier alpha value is -1.62. The molecule has 2 rings (SSSR count). The van der Waals surface area contributed by atoms with Gasteiger partial charge in [0.2, 0.25) is 10.0 Å². The van der Waals surface area contributed by atoms with Crippen LogP contribution in [0.25, 0.3) is 0 Å². The Bertz CT molecular complexity index is 706. The first kappa shape index (κ1) is 18.7. The molecule has 134 valence electrons. The van der Waals surface area contributed by atoms with Crippen LogP contribution >= 0.6 is 0 Å². The van der Waals surface area contributed by atoms with Crippen LogP contribution in [-0.4, -0.2) is 77.0 Å². The summed E-state index contributed by atoms with van der Waals surface area (Å²) in [5.41, 5.74) is -1.50. The minimum absolute atomic E-state index is 0.104. The average Bonchev–Trinajstić information content (AvgIpc) is 2.80. The van der Waals surface area contributed by atoms with Crippen molar-refractivity contribution in [3.05, 3.63) is 23.8 Å². The second kappa shape index (κ2) is 6.71. The Morgan fingerprint density at radius 1 is 1.46 bits per heavy atom. The van der Waals surface area contributed by atoms with E-state index in [1.165, 1.54) is 17.3 Å². The zero-order valence-electron chi connectivity index (χ0n) is 13.8. The van der Waals surface area contributed by atoms with Crippen LogP contribution in [-0.2, 0) is 10.0 Å². The van der Waals surface area contributed by atoms with Crippen molar-refractivity contribution in [2.75, 3.05) is 25.9 Å². The van der Waals surface area contributed by atoms with E-state index in [1.54, 1.807) is 0 Å². The first-order valence-corrected chi connectivity index (χ1v) is 9.37. The van der Waals surface area contributed by atoms with Gasteiger partial charge >= 0.3 is 0 Å². The molecule has 1 fully saturated rings. The van der Waals surface area contributed by atoms with Crippen LogP contribution in [0.3, 0.4) is 0 Å². The van der Waals surface area contributed by atoms with Crippen molar-refractivity contribution in [1.29, 1.82) is 0 Å². The topological polar surface area (TPSA) is 133 Å². The van der Waals surface area contributed by atoms with E-state index in [0.29, 0.717) is 5.82 Å². The molecule has 3 N–H and O–H groups in total. The molecule has 1 aliphatic rings. The second-order valence-corrected chi connectivity index (χ2v) is 8.22. The lowest BCUT2D eigenvalue weighted by atomic mass is 10.0. The number of likely N-dealkylation sites (tertiary alicyclic amines) is 1. The first-order chi connectivity index (χ1) is 11.0. The summed E-state index contributed by atoms with van der Waals surface area (Å²) in [6.45, 7) is 3.19. The molecular weight excluding hydrogens is 336 g/mol. The molecule has 1 aromatic heterocycles. The molecule has 0 aliphatic carbocycles. The lowest BCUT2D eigenvalue weighted by molar-refractivity contribution is -0.0352. The van der Waals surface area contributed by atoms with Gasteiger partial charge in [0.1, 0.15) is 17.5 Å². The number of amides is 1. The van der Waals surface area contributed by atoms with Gasteiger partial charge in [-0.1, -0.05) is 13.8 Å². The van der Waals surface area contributed by atoms with Gasteiger partial charge in [0.15, 0.2) is 0 Å². The van der Waals surface area contributed by atoms with Crippen LogP contribution in [0.5, 0.6) is 0 Å². The fourth-order valence-corrected chi connectivity index (χ4v) is 2.90. The standard InChI is InChI=1S/C14H22N4O5S/c1-9(2)12-15-4-10(5-16-12)13(20)18-6-11(19)14(21,8-18)7-17-24(3,22)23/h4-5,9,11,17,19,21H,6-8H2,1-3H3/t11-,14+/m1/s1. The van der Waals surface area contributed by atoms with E-state index in [2.05, 4.69) is 14.7 Å². The van der Waals surface area contributed by atoms with E-state index in [-0.39, 0.29) is 31.1 Å². The van der Waals surface area contributed by atoms with Gasteiger partial charge in [-0.25, -0.2) is 23.1 Å². The second-order valence-electron chi connectivity index (χ2n) is 6.38. The van der Waals surface area contributed by atoms with Crippen molar-refractivity contribution in [1.82, 2.24) is 19.6 Å². The maximum Gasteiger partial charge on any atom is 0.257 e. The van der Waals surface area contributed by atoms with Crippen molar-refractivity contribution in [3.8, 4) is 0 Å². The number of nitrogens with one attached hydrogen (secondary N) is 1. The van der Waals surface area contributed by atoms with Gasteiger partial charge in [-0.15, -0.1) is 0 Å². The number of carbonyl (C=O) groups is 1. The van der Waals surface area contributed by atoms with E-state index >= 15 is 0 Å². The number of hydrogen-bond acceptors (Lipinski definition) is 7. The minimum atomic E-state index is -3.52. The molecule has 1 saturated heterocycles. The van der Waals surface area contributed by atoms with Crippen LogP contribution in [0.15, 0.2) is 12.4 Å². The highest BCUT2D eigenvalue weighted by Gasteiger charge is 2.46. The average molecular weight is 358 g/mol. The molecule has 2 atom stereocenters. The van der Waals surface area contributed by atoms with Crippen LogP contribution in [0.1, 0.15) is 35.9 Å². The Balaban J connectivity index is 2.09. The van der Waals surface area contributed by atoms with E-state index in [1.807, 2.05) is 13.8 Å². The van der Waals surface area contributed by atoms with Gasteiger partial charge in [0.25, 0.3) is 5.91 Å². The summed E-state index contributed by atoms with van der Waals surface area (Å²) in [7, 11) is -3.52. The molecule has 2 heterocycles. The lowest BCUT2D eigenvalue weighted by Crippen LogP contribution is -2.51. The summed E-state index contributed by atoms with van der Waals surface area (Å²) >= 11 is 0. The predicted molar refractivity (Wildman–Crippen MR) is 85.8 cm³/mol. The molecule has 0 spiro atoms.